The third kappa shape index (κ3) is 4.31. The van der Waals surface area contributed by atoms with Crippen molar-refractivity contribution in [3.63, 3.8) is 0 Å². The van der Waals surface area contributed by atoms with Crippen LogP contribution in [-0.4, -0.2) is 16.9 Å². The maximum Gasteiger partial charge on any atom is 0.319 e. The van der Waals surface area contributed by atoms with Gasteiger partial charge in [-0.2, -0.15) is 0 Å². The number of pyridine rings is 1. The fourth-order valence-electron chi connectivity index (χ4n) is 1.79. The van der Waals surface area contributed by atoms with Crippen LogP contribution in [0.15, 0.2) is 42.5 Å². The van der Waals surface area contributed by atoms with Gasteiger partial charge in [-0.25, -0.2) is 4.79 Å². The topological polar surface area (TPSA) is 97.1 Å². The Morgan fingerprint density at radius 1 is 1.19 bits per heavy atom. The van der Waals surface area contributed by atoms with E-state index in [2.05, 4.69) is 15.6 Å². The Labute approximate surface area is 122 Å². The van der Waals surface area contributed by atoms with Gasteiger partial charge in [-0.05, 0) is 37.3 Å². The maximum atomic E-state index is 11.8. The maximum absolute atomic E-state index is 11.8. The first-order chi connectivity index (χ1) is 10.0. The molecule has 6 nitrogen and oxygen atoms in total. The second-order valence-corrected chi connectivity index (χ2v) is 4.52. The van der Waals surface area contributed by atoms with Crippen molar-refractivity contribution >= 4 is 17.6 Å². The number of hydrogen-bond donors (Lipinski definition) is 3. The first kappa shape index (κ1) is 14.5. The van der Waals surface area contributed by atoms with Crippen molar-refractivity contribution in [2.75, 3.05) is 5.32 Å². The average molecular weight is 284 g/mol. The van der Waals surface area contributed by atoms with E-state index in [4.69, 9.17) is 5.73 Å². The Balaban J connectivity index is 1.93. The van der Waals surface area contributed by atoms with Crippen LogP contribution in [0.1, 0.15) is 21.7 Å². The number of nitrogens with two attached hydrogens (primary N) is 1. The van der Waals surface area contributed by atoms with Crippen molar-refractivity contribution in [3.8, 4) is 0 Å². The number of primary amides is 1. The molecule has 4 N–H and O–H groups in total. The molecule has 21 heavy (non-hydrogen) atoms. The minimum absolute atomic E-state index is 0.322. The zero-order valence-electron chi connectivity index (χ0n) is 11.6. The minimum Gasteiger partial charge on any atom is -0.366 e. The van der Waals surface area contributed by atoms with Gasteiger partial charge in [0.2, 0.25) is 5.91 Å². The summed E-state index contributed by atoms with van der Waals surface area (Å²) in [4.78, 5) is 27.1. The third-order valence-corrected chi connectivity index (χ3v) is 2.78. The summed E-state index contributed by atoms with van der Waals surface area (Å²) >= 11 is 0. The van der Waals surface area contributed by atoms with Crippen LogP contribution in [0.4, 0.5) is 10.5 Å². The molecule has 0 aliphatic rings. The van der Waals surface area contributed by atoms with Crippen LogP contribution in [0, 0.1) is 6.92 Å². The van der Waals surface area contributed by atoms with Gasteiger partial charge in [-0.15, -0.1) is 0 Å². The van der Waals surface area contributed by atoms with Gasteiger partial charge in [-0.1, -0.05) is 12.1 Å². The fourth-order valence-corrected chi connectivity index (χ4v) is 1.79. The summed E-state index contributed by atoms with van der Waals surface area (Å²) in [7, 11) is 0. The van der Waals surface area contributed by atoms with Crippen molar-refractivity contribution in [2.24, 2.45) is 5.73 Å². The number of carbonyl (C=O) groups excluding carboxylic acids is 2. The molecule has 0 aliphatic heterocycles. The lowest BCUT2D eigenvalue weighted by atomic mass is 10.2. The highest BCUT2D eigenvalue weighted by Crippen LogP contribution is 2.10. The molecule has 1 aromatic heterocycles. The Hall–Kier alpha value is -2.89. The van der Waals surface area contributed by atoms with Crippen LogP contribution in [0.5, 0.6) is 0 Å². The molecule has 6 heteroatoms. The van der Waals surface area contributed by atoms with Crippen LogP contribution < -0.4 is 16.4 Å². The van der Waals surface area contributed by atoms with Crippen molar-refractivity contribution in [1.29, 1.82) is 0 Å². The predicted octanol–water partition coefficient (Wildman–Crippen LogP) is 1.81. The number of carbonyl (C=O) groups is 2. The summed E-state index contributed by atoms with van der Waals surface area (Å²) < 4.78 is 0. The van der Waals surface area contributed by atoms with Gasteiger partial charge >= 0.3 is 6.03 Å². The highest BCUT2D eigenvalue weighted by atomic mass is 16.2. The molecule has 0 spiro atoms. The van der Waals surface area contributed by atoms with Crippen LogP contribution in [0.2, 0.25) is 0 Å². The van der Waals surface area contributed by atoms with Crippen LogP contribution in [-0.2, 0) is 6.54 Å². The van der Waals surface area contributed by atoms with Crippen molar-refractivity contribution in [2.45, 2.75) is 13.5 Å². The number of anilines is 1. The quantitative estimate of drug-likeness (QED) is 0.798. The van der Waals surface area contributed by atoms with E-state index in [0.717, 1.165) is 11.4 Å². The van der Waals surface area contributed by atoms with E-state index in [9.17, 15) is 9.59 Å². The average Bonchev–Trinajstić information content (AvgIpc) is 2.45. The number of urea groups is 1. The zero-order chi connectivity index (χ0) is 15.2. The Kier molecular flexibility index (Phi) is 4.50. The first-order valence-corrected chi connectivity index (χ1v) is 6.42. The van der Waals surface area contributed by atoms with Crippen LogP contribution in [0.25, 0.3) is 0 Å². The molecule has 0 fully saturated rings. The molecule has 2 aromatic rings. The van der Waals surface area contributed by atoms with Gasteiger partial charge in [-0.3, -0.25) is 9.78 Å². The van der Waals surface area contributed by atoms with Gasteiger partial charge in [0, 0.05) is 16.9 Å². The smallest absolute Gasteiger partial charge is 0.319 e. The third-order valence-electron chi connectivity index (χ3n) is 2.78. The molecule has 0 atom stereocenters. The van der Waals surface area contributed by atoms with Crippen molar-refractivity contribution in [3.05, 3.63) is 59.4 Å². The van der Waals surface area contributed by atoms with E-state index in [1.165, 1.54) is 6.07 Å². The molecule has 1 aromatic carbocycles. The van der Waals surface area contributed by atoms with Crippen LogP contribution in [0.3, 0.4) is 0 Å². The standard InChI is InChI=1S/C15H16N4O2/c1-10-4-2-7-13(18-10)9-17-15(21)19-12-6-3-5-11(8-12)14(16)20/h2-8H,9H2,1H3,(H2,16,20)(H2,17,19,21). The first-order valence-electron chi connectivity index (χ1n) is 6.42. The molecule has 0 radical (unpaired) electrons. The monoisotopic (exact) mass is 284 g/mol. The normalized spacial score (nSPS) is 9.95. The number of amides is 3. The summed E-state index contributed by atoms with van der Waals surface area (Å²) in [5.74, 6) is -0.539. The lowest BCUT2D eigenvalue weighted by Gasteiger charge is -2.08. The SMILES string of the molecule is Cc1cccc(CNC(=O)Nc2cccc(C(N)=O)c2)n1. The number of aromatic nitrogens is 1. The van der Waals surface area contributed by atoms with Crippen LogP contribution >= 0.6 is 0 Å². The summed E-state index contributed by atoms with van der Waals surface area (Å²) in [5, 5.41) is 5.33. The molecule has 0 saturated heterocycles. The Morgan fingerprint density at radius 2 is 1.95 bits per heavy atom. The lowest BCUT2D eigenvalue weighted by Crippen LogP contribution is -2.28. The highest BCUT2D eigenvalue weighted by molar-refractivity contribution is 5.95. The van der Waals surface area contributed by atoms with Gasteiger partial charge in [0.1, 0.15) is 0 Å². The molecular formula is C15H16N4O2. The fraction of sp³-hybridized carbons (Fsp3) is 0.133. The van der Waals surface area contributed by atoms with E-state index in [1.807, 2.05) is 25.1 Å². The Morgan fingerprint density at radius 3 is 2.67 bits per heavy atom. The number of hydrogen-bond acceptors (Lipinski definition) is 3. The van der Waals surface area contributed by atoms with E-state index in [-0.39, 0.29) is 6.03 Å². The molecule has 0 unspecified atom stereocenters. The molecule has 2 rings (SSSR count). The Bertz CT molecular complexity index is 670. The lowest BCUT2D eigenvalue weighted by molar-refractivity contribution is 0.100. The van der Waals surface area contributed by atoms with Gasteiger partial charge in [0.05, 0.1) is 12.2 Å². The van der Waals surface area contributed by atoms with E-state index in [0.29, 0.717) is 17.8 Å². The molecule has 3 amide bonds. The largest absolute Gasteiger partial charge is 0.366 e. The summed E-state index contributed by atoms with van der Waals surface area (Å²) in [6, 6.07) is 11.7. The van der Waals surface area contributed by atoms with E-state index in [1.54, 1.807) is 18.2 Å². The number of rotatable bonds is 4. The predicted molar refractivity (Wildman–Crippen MR) is 79.8 cm³/mol. The van der Waals surface area contributed by atoms with Gasteiger partial charge in [0.15, 0.2) is 0 Å². The van der Waals surface area contributed by atoms with E-state index < -0.39 is 5.91 Å². The molecular weight excluding hydrogens is 268 g/mol. The van der Waals surface area contributed by atoms with Crippen molar-refractivity contribution < 1.29 is 9.59 Å². The summed E-state index contributed by atoms with van der Waals surface area (Å²) in [5.41, 5.74) is 7.70. The number of benzene rings is 1. The number of aryl methyl sites for hydroxylation is 1. The number of nitrogens with zero attached hydrogens (tertiary/aromatic N) is 1. The molecule has 0 saturated carbocycles. The summed E-state index contributed by atoms with van der Waals surface area (Å²) in [6.45, 7) is 2.21. The molecule has 108 valence electrons. The zero-order valence-corrected chi connectivity index (χ0v) is 11.6. The van der Waals surface area contributed by atoms with Gasteiger partial charge in [0.25, 0.3) is 0 Å². The highest BCUT2D eigenvalue weighted by Gasteiger charge is 2.05. The molecule has 0 aliphatic carbocycles. The molecule has 0 bridgehead atoms. The second kappa shape index (κ2) is 6.51. The van der Waals surface area contributed by atoms with Gasteiger partial charge < -0.3 is 16.4 Å². The minimum atomic E-state index is -0.539. The van der Waals surface area contributed by atoms with E-state index >= 15 is 0 Å². The molecule has 1 heterocycles. The number of nitrogens with one attached hydrogen (secondary N) is 2. The second-order valence-electron chi connectivity index (χ2n) is 4.52. The van der Waals surface area contributed by atoms with Crippen molar-refractivity contribution in [1.82, 2.24) is 10.3 Å². The summed E-state index contributed by atoms with van der Waals surface area (Å²) in [6.07, 6.45) is 0.